The number of hydrogen-bond donors (Lipinski definition) is 2. The van der Waals surface area contributed by atoms with Crippen molar-refractivity contribution >= 4 is 23.2 Å². The van der Waals surface area contributed by atoms with Crippen molar-refractivity contribution < 1.29 is 23.1 Å². The molecule has 0 saturated heterocycles. The van der Waals surface area contributed by atoms with Crippen LogP contribution >= 0.6 is 11.6 Å². The fraction of sp³-hybridized carbons (Fsp3) is 0.500. The molecule has 0 aliphatic heterocycles. The molecular formula is C14H18ClF3N2O2. The Morgan fingerprint density at radius 2 is 2.05 bits per heavy atom. The Hall–Kier alpha value is -1.47. The molecule has 1 rings (SSSR count). The van der Waals surface area contributed by atoms with Crippen LogP contribution in [0.25, 0.3) is 0 Å². The Labute approximate surface area is 131 Å². The van der Waals surface area contributed by atoms with Gasteiger partial charge in [-0.2, -0.15) is 13.2 Å². The van der Waals surface area contributed by atoms with Crippen LogP contribution in [0.5, 0.6) is 0 Å². The van der Waals surface area contributed by atoms with Gasteiger partial charge in [0.2, 0.25) is 5.91 Å². The maximum atomic E-state index is 12.5. The molecule has 8 heteroatoms. The Morgan fingerprint density at radius 1 is 1.41 bits per heavy atom. The van der Waals surface area contributed by atoms with Crippen molar-refractivity contribution in [3.8, 4) is 0 Å². The van der Waals surface area contributed by atoms with Gasteiger partial charge in [-0.3, -0.25) is 4.79 Å². The first-order valence-electron chi connectivity index (χ1n) is 6.63. The molecule has 0 spiro atoms. The van der Waals surface area contributed by atoms with Crippen LogP contribution in [0.15, 0.2) is 18.2 Å². The molecule has 0 bridgehead atoms. The first-order valence-corrected chi connectivity index (χ1v) is 7.01. The molecule has 0 aromatic heterocycles. The lowest BCUT2D eigenvalue weighted by molar-refractivity contribution is -0.163. The van der Waals surface area contributed by atoms with Crippen molar-refractivity contribution in [3.05, 3.63) is 28.8 Å². The Bertz CT molecular complexity index is 521. The maximum Gasteiger partial charge on any atom is 0.406 e. The molecule has 0 saturated carbocycles. The van der Waals surface area contributed by atoms with E-state index in [1.54, 1.807) is 12.1 Å². The van der Waals surface area contributed by atoms with E-state index in [-0.39, 0.29) is 13.2 Å². The molecule has 0 unspecified atom stereocenters. The van der Waals surface area contributed by atoms with Crippen LogP contribution < -0.4 is 5.32 Å². The lowest BCUT2D eigenvalue weighted by atomic mass is 10.2. The number of benzene rings is 1. The molecule has 0 aliphatic rings. The minimum atomic E-state index is -4.45. The Morgan fingerprint density at radius 3 is 2.55 bits per heavy atom. The lowest BCUT2D eigenvalue weighted by Crippen LogP contribution is -2.45. The molecule has 0 aliphatic carbocycles. The summed E-state index contributed by atoms with van der Waals surface area (Å²) in [6.07, 6.45) is -4.45. The molecule has 1 amide bonds. The Kier molecular flexibility index (Phi) is 6.49. The van der Waals surface area contributed by atoms with Gasteiger partial charge in [-0.25, -0.2) is 0 Å². The zero-order valence-electron chi connectivity index (χ0n) is 12.2. The first kappa shape index (κ1) is 18.6. The predicted octanol–water partition coefficient (Wildman–Crippen LogP) is 3.04. The third-order valence-corrected chi connectivity index (χ3v) is 3.27. The highest BCUT2D eigenvalue weighted by Gasteiger charge is 2.34. The van der Waals surface area contributed by atoms with E-state index >= 15 is 0 Å². The largest absolute Gasteiger partial charge is 0.406 e. The number of nitrogens with zero attached hydrogens (tertiary/aromatic N) is 1. The summed E-state index contributed by atoms with van der Waals surface area (Å²) in [7, 11) is 0. The van der Waals surface area contributed by atoms with Crippen LogP contribution in [-0.2, 0) is 11.4 Å². The van der Waals surface area contributed by atoms with Gasteiger partial charge in [0.05, 0.1) is 23.9 Å². The van der Waals surface area contributed by atoms with Crippen molar-refractivity contribution in [2.75, 3.05) is 18.4 Å². The maximum absolute atomic E-state index is 12.5. The highest BCUT2D eigenvalue weighted by atomic mass is 35.5. The van der Waals surface area contributed by atoms with E-state index in [2.05, 4.69) is 5.32 Å². The van der Waals surface area contributed by atoms with Gasteiger partial charge < -0.3 is 15.3 Å². The lowest BCUT2D eigenvalue weighted by Gasteiger charge is -2.28. The average molecular weight is 339 g/mol. The topological polar surface area (TPSA) is 52.6 Å². The van der Waals surface area contributed by atoms with Crippen LogP contribution in [0.1, 0.15) is 19.4 Å². The normalized spacial score (nSPS) is 11.6. The van der Waals surface area contributed by atoms with Crippen molar-refractivity contribution in [1.82, 2.24) is 4.90 Å². The second kappa shape index (κ2) is 7.69. The molecule has 4 nitrogen and oxygen atoms in total. The van der Waals surface area contributed by atoms with Gasteiger partial charge in [0, 0.05) is 6.04 Å². The van der Waals surface area contributed by atoms with E-state index < -0.39 is 24.7 Å². The molecule has 2 N–H and O–H groups in total. The second-order valence-electron chi connectivity index (χ2n) is 5.06. The number of aliphatic hydroxyl groups is 1. The smallest absolute Gasteiger partial charge is 0.392 e. The third-order valence-electron chi connectivity index (χ3n) is 2.94. The van der Waals surface area contributed by atoms with Crippen LogP contribution in [0.4, 0.5) is 18.9 Å². The number of alkyl halides is 3. The van der Waals surface area contributed by atoms with E-state index in [1.165, 1.54) is 19.9 Å². The number of halogens is 4. The third kappa shape index (κ3) is 5.73. The quantitative estimate of drug-likeness (QED) is 0.838. The summed E-state index contributed by atoms with van der Waals surface area (Å²) in [5, 5.41) is 12.1. The fourth-order valence-electron chi connectivity index (χ4n) is 1.83. The van der Waals surface area contributed by atoms with E-state index in [1.807, 2.05) is 0 Å². The van der Waals surface area contributed by atoms with Crippen molar-refractivity contribution in [2.24, 2.45) is 0 Å². The standard InChI is InChI=1S/C14H18ClF3N2O2/c1-9(2)20(8-14(16,17)18)13(22)6-19-12-5-10(7-21)3-4-11(12)15/h3-5,9,19,21H,6-8H2,1-2H3. The minimum absolute atomic E-state index is 0.202. The van der Waals surface area contributed by atoms with Crippen LogP contribution in [0.3, 0.4) is 0 Å². The number of amides is 1. The number of hydrogen-bond acceptors (Lipinski definition) is 3. The van der Waals surface area contributed by atoms with Crippen molar-refractivity contribution in [2.45, 2.75) is 32.7 Å². The van der Waals surface area contributed by atoms with E-state index in [4.69, 9.17) is 16.7 Å². The van der Waals surface area contributed by atoms with Gasteiger partial charge in [0.1, 0.15) is 6.54 Å². The molecule has 0 radical (unpaired) electrons. The predicted molar refractivity (Wildman–Crippen MR) is 78.8 cm³/mol. The van der Waals surface area contributed by atoms with E-state index in [0.717, 1.165) is 4.90 Å². The first-order chi connectivity index (χ1) is 10.1. The summed E-state index contributed by atoms with van der Waals surface area (Å²) in [6.45, 7) is 1.22. The summed E-state index contributed by atoms with van der Waals surface area (Å²) in [5.41, 5.74) is 0.965. The molecule has 1 aromatic carbocycles. The van der Waals surface area contributed by atoms with Crippen LogP contribution in [-0.4, -0.2) is 41.2 Å². The zero-order chi connectivity index (χ0) is 16.9. The molecular weight excluding hydrogens is 321 g/mol. The molecule has 0 heterocycles. The number of anilines is 1. The summed E-state index contributed by atoms with van der Waals surface area (Å²) >= 11 is 5.94. The van der Waals surface area contributed by atoms with Crippen LogP contribution in [0.2, 0.25) is 5.02 Å². The number of nitrogens with one attached hydrogen (secondary N) is 1. The highest BCUT2D eigenvalue weighted by molar-refractivity contribution is 6.33. The fourth-order valence-corrected chi connectivity index (χ4v) is 2.01. The molecule has 0 fully saturated rings. The number of aliphatic hydroxyl groups excluding tert-OH is 1. The van der Waals surface area contributed by atoms with E-state index in [0.29, 0.717) is 16.3 Å². The minimum Gasteiger partial charge on any atom is -0.392 e. The van der Waals surface area contributed by atoms with Crippen molar-refractivity contribution in [1.29, 1.82) is 0 Å². The molecule has 22 heavy (non-hydrogen) atoms. The summed E-state index contributed by atoms with van der Waals surface area (Å²) < 4.78 is 37.5. The van der Waals surface area contributed by atoms with Crippen LogP contribution in [0, 0.1) is 0 Å². The molecule has 0 atom stereocenters. The van der Waals surface area contributed by atoms with Gasteiger partial charge >= 0.3 is 6.18 Å². The summed E-state index contributed by atoms with van der Waals surface area (Å²) in [6, 6.07) is 4.11. The molecule has 1 aromatic rings. The average Bonchev–Trinajstić information content (AvgIpc) is 2.42. The molecule has 124 valence electrons. The summed E-state index contributed by atoms with van der Waals surface area (Å²) in [5.74, 6) is -0.683. The SMILES string of the molecule is CC(C)N(CC(F)(F)F)C(=O)CNc1cc(CO)ccc1Cl. The number of carbonyl (C=O) groups excluding carboxylic acids is 1. The van der Waals surface area contributed by atoms with Gasteiger partial charge in [-0.05, 0) is 31.5 Å². The number of carbonyl (C=O) groups is 1. The van der Waals surface area contributed by atoms with Gasteiger partial charge in [-0.15, -0.1) is 0 Å². The zero-order valence-corrected chi connectivity index (χ0v) is 13.0. The van der Waals surface area contributed by atoms with Gasteiger partial charge in [-0.1, -0.05) is 17.7 Å². The number of rotatable bonds is 6. The van der Waals surface area contributed by atoms with Gasteiger partial charge in [0.25, 0.3) is 0 Å². The van der Waals surface area contributed by atoms with E-state index in [9.17, 15) is 18.0 Å². The Balaban J connectivity index is 2.75. The summed E-state index contributed by atoms with van der Waals surface area (Å²) in [4.78, 5) is 12.7. The van der Waals surface area contributed by atoms with Crippen molar-refractivity contribution in [3.63, 3.8) is 0 Å². The highest BCUT2D eigenvalue weighted by Crippen LogP contribution is 2.23. The monoisotopic (exact) mass is 338 g/mol. The second-order valence-corrected chi connectivity index (χ2v) is 5.46. The van der Waals surface area contributed by atoms with Gasteiger partial charge in [0.15, 0.2) is 0 Å².